The molecule has 0 amide bonds. The summed E-state index contributed by atoms with van der Waals surface area (Å²) in [5.41, 5.74) is 10.7. The molecule has 0 radical (unpaired) electrons. The van der Waals surface area contributed by atoms with Gasteiger partial charge in [-0.05, 0) is 49.6 Å². The highest BCUT2D eigenvalue weighted by molar-refractivity contribution is 7.99. The molecule has 0 fully saturated rings. The highest BCUT2D eigenvalue weighted by atomic mass is 32.2. The Balaban J connectivity index is 2.39. The fourth-order valence-corrected chi connectivity index (χ4v) is 3.46. The second-order valence-corrected chi connectivity index (χ2v) is 7.32. The zero-order valence-corrected chi connectivity index (χ0v) is 18.6. The first-order valence-corrected chi connectivity index (χ1v) is 10.9. The van der Waals surface area contributed by atoms with Crippen LogP contribution in [0, 0.1) is 0 Å². The van der Waals surface area contributed by atoms with Crippen molar-refractivity contribution in [3.05, 3.63) is 63.4 Å². The first kappa shape index (κ1) is 24.0. The third-order valence-electron chi connectivity index (χ3n) is 4.01. The SMILES string of the molecule is CCCSc1ncc(/C=C(\N=[N+]=[N-])C(=O)OCC)n1Cc1ccc(C(=O)OCC)cc1. The van der Waals surface area contributed by atoms with Crippen LogP contribution in [0.4, 0.5) is 0 Å². The van der Waals surface area contributed by atoms with Crippen molar-refractivity contribution in [2.45, 2.75) is 38.9 Å². The third-order valence-corrected chi connectivity index (χ3v) is 5.21. The largest absolute Gasteiger partial charge is 0.462 e. The van der Waals surface area contributed by atoms with Crippen molar-refractivity contribution in [2.24, 2.45) is 5.11 Å². The van der Waals surface area contributed by atoms with E-state index in [1.165, 1.54) is 6.08 Å². The van der Waals surface area contributed by atoms with E-state index >= 15 is 0 Å². The number of imidazole rings is 1. The summed E-state index contributed by atoms with van der Waals surface area (Å²) in [6.07, 6.45) is 4.06. The number of azide groups is 1. The van der Waals surface area contributed by atoms with Crippen molar-refractivity contribution >= 4 is 29.8 Å². The topological polar surface area (TPSA) is 119 Å². The van der Waals surface area contributed by atoms with Gasteiger partial charge in [0.2, 0.25) is 0 Å². The summed E-state index contributed by atoms with van der Waals surface area (Å²) in [6.45, 7) is 6.45. The maximum absolute atomic E-state index is 12.1. The number of thioether (sulfide) groups is 1. The molecule has 0 unspecified atom stereocenters. The molecular formula is C21H25N5O4S. The predicted molar refractivity (Wildman–Crippen MR) is 118 cm³/mol. The number of esters is 2. The molecule has 0 bridgehead atoms. The van der Waals surface area contributed by atoms with Gasteiger partial charge in [-0.15, -0.1) is 0 Å². The van der Waals surface area contributed by atoms with E-state index in [0.717, 1.165) is 22.9 Å². The van der Waals surface area contributed by atoms with Gasteiger partial charge in [0.15, 0.2) is 5.16 Å². The maximum atomic E-state index is 12.1. The Morgan fingerprint density at radius 1 is 1.19 bits per heavy atom. The van der Waals surface area contributed by atoms with Gasteiger partial charge in [-0.2, -0.15) is 0 Å². The molecule has 2 rings (SSSR count). The van der Waals surface area contributed by atoms with E-state index in [1.807, 2.05) is 16.7 Å². The fraction of sp³-hybridized carbons (Fsp3) is 0.381. The number of carbonyl (C=O) groups is 2. The molecular weight excluding hydrogens is 418 g/mol. The Morgan fingerprint density at radius 2 is 1.90 bits per heavy atom. The summed E-state index contributed by atoms with van der Waals surface area (Å²) < 4.78 is 11.9. The molecule has 9 nitrogen and oxygen atoms in total. The molecule has 0 spiro atoms. The number of rotatable bonds is 11. The minimum atomic E-state index is -0.699. The van der Waals surface area contributed by atoms with Crippen LogP contribution >= 0.6 is 11.8 Å². The zero-order valence-electron chi connectivity index (χ0n) is 17.8. The molecule has 10 heteroatoms. The lowest BCUT2D eigenvalue weighted by Gasteiger charge is -2.11. The number of hydrogen-bond acceptors (Lipinski definition) is 7. The fourth-order valence-electron chi connectivity index (χ4n) is 2.62. The van der Waals surface area contributed by atoms with Gasteiger partial charge in [0, 0.05) is 10.7 Å². The van der Waals surface area contributed by atoms with Crippen LogP contribution < -0.4 is 0 Å². The van der Waals surface area contributed by atoms with Gasteiger partial charge in [-0.1, -0.05) is 35.9 Å². The minimum absolute atomic E-state index is 0.143. The number of carbonyl (C=O) groups excluding carboxylic acids is 2. The Labute approximate surface area is 185 Å². The van der Waals surface area contributed by atoms with Crippen molar-refractivity contribution < 1.29 is 19.1 Å². The van der Waals surface area contributed by atoms with Crippen molar-refractivity contribution in [1.82, 2.24) is 9.55 Å². The third kappa shape index (κ3) is 6.91. The molecule has 164 valence electrons. The number of benzene rings is 1. The molecule has 0 aliphatic carbocycles. The number of nitrogens with zero attached hydrogens (tertiary/aromatic N) is 5. The highest BCUT2D eigenvalue weighted by Gasteiger charge is 2.15. The molecule has 0 N–H and O–H groups in total. The normalized spacial score (nSPS) is 11.0. The first-order chi connectivity index (χ1) is 15.0. The molecule has 0 saturated carbocycles. The van der Waals surface area contributed by atoms with Crippen LogP contribution in [0.2, 0.25) is 0 Å². The van der Waals surface area contributed by atoms with Crippen LogP contribution in [0.25, 0.3) is 16.5 Å². The zero-order chi connectivity index (χ0) is 22.6. The van der Waals surface area contributed by atoms with Gasteiger partial charge >= 0.3 is 11.9 Å². The molecule has 1 heterocycles. The Bertz CT molecular complexity index is 978. The lowest BCUT2D eigenvalue weighted by molar-refractivity contribution is -0.138. The van der Waals surface area contributed by atoms with E-state index in [1.54, 1.807) is 43.9 Å². The van der Waals surface area contributed by atoms with E-state index in [0.29, 0.717) is 24.4 Å². The Morgan fingerprint density at radius 3 is 2.52 bits per heavy atom. The van der Waals surface area contributed by atoms with Gasteiger partial charge in [-0.3, -0.25) is 0 Å². The first-order valence-electron chi connectivity index (χ1n) is 9.92. The van der Waals surface area contributed by atoms with Gasteiger partial charge in [0.05, 0.1) is 37.2 Å². The van der Waals surface area contributed by atoms with Crippen LogP contribution in [0.3, 0.4) is 0 Å². The van der Waals surface area contributed by atoms with Gasteiger partial charge < -0.3 is 14.0 Å². The van der Waals surface area contributed by atoms with Crippen molar-refractivity contribution in [2.75, 3.05) is 19.0 Å². The molecule has 2 aromatic rings. The lowest BCUT2D eigenvalue weighted by Crippen LogP contribution is -2.08. The molecule has 0 aliphatic heterocycles. The predicted octanol–water partition coefficient (Wildman–Crippen LogP) is 4.82. The van der Waals surface area contributed by atoms with E-state index < -0.39 is 5.97 Å². The highest BCUT2D eigenvalue weighted by Crippen LogP contribution is 2.23. The van der Waals surface area contributed by atoms with Crippen molar-refractivity contribution in [3.8, 4) is 0 Å². The number of aromatic nitrogens is 2. The monoisotopic (exact) mass is 443 g/mol. The second-order valence-electron chi connectivity index (χ2n) is 6.26. The van der Waals surface area contributed by atoms with E-state index in [-0.39, 0.29) is 18.3 Å². The van der Waals surface area contributed by atoms with Crippen LogP contribution in [0.15, 0.2) is 46.4 Å². The van der Waals surface area contributed by atoms with Gasteiger partial charge in [-0.25, -0.2) is 14.6 Å². The van der Waals surface area contributed by atoms with E-state index in [2.05, 4.69) is 21.9 Å². The summed E-state index contributed by atoms with van der Waals surface area (Å²) in [7, 11) is 0. The summed E-state index contributed by atoms with van der Waals surface area (Å²) in [5.74, 6) is -0.189. The smallest absolute Gasteiger partial charge is 0.340 e. The Kier molecular flexibility index (Phi) is 9.67. The summed E-state index contributed by atoms with van der Waals surface area (Å²) >= 11 is 1.59. The number of hydrogen-bond donors (Lipinski definition) is 0. The van der Waals surface area contributed by atoms with Gasteiger partial charge in [0.25, 0.3) is 0 Å². The maximum Gasteiger partial charge on any atom is 0.340 e. The van der Waals surface area contributed by atoms with Crippen molar-refractivity contribution in [3.63, 3.8) is 0 Å². The molecule has 0 aliphatic rings. The molecule has 1 aromatic carbocycles. The van der Waals surface area contributed by atoms with Crippen LogP contribution in [-0.4, -0.2) is 40.5 Å². The summed E-state index contributed by atoms with van der Waals surface area (Å²) in [5, 5.41) is 4.24. The van der Waals surface area contributed by atoms with E-state index in [9.17, 15) is 9.59 Å². The average molecular weight is 444 g/mol. The van der Waals surface area contributed by atoms with Crippen LogP contribution in [0.5, 0.6) is 0 Å². The average Bonchev–Trinajstić information content (AvgIpc) is 3.13. The van der Waals surface area contributed by atoms with Crippen LogP contribution in [-0.2, 0) is 20.8 Å². The molecule has 1 aromatic heterocycles. The lowest BCUT2D eigenvalue weighted by atomic mass is 10.1. The van der Waals surface area contributed by atoms with Crippen LogP contribution in [0.1, 0.15) is 48.8 Å². The summed E-state index contributed by atoms with van der Waals surface area (Å²) in [4.78, 5) is 31.2. The quantitative estimate of drug-likeness (QED) is 0.123. The van der Waals surface area contributed by atoms with Gasteiger partial charge in [0.1, 0.15) is 5.70 Å². The van der Waals surface area contributed by atoms with E-state index in [4.69, 9.17) is 15.0 Å². The standard InChI is InChI=1S/C21H25N5O4S/c1-4-11-31-21-23-13-17(12-18(24-25-22)20(28)30-6-3)26(21)14-15-7-9-16(10-8-15)19(27)29-5-2/h7-10,12-13H,4-6,11,14H2,1-3H3/b18-12-. The molecule has 0 saturated heterocycles. The van der Waals surface area contributed by atoms with Crippen molar-refractivity contribution in [1.29, 1.82) is 0 Å². The summed E-state index contributed by atoms with van der Waals surface area (Å²) in [6, 6.07) is 7.10. The number of ether oxygens (including phenoxy) is 2. The molecule has 31 heavy (non-hydrogen) atoms. The Hall–Kier alpha value is -3.23. The second kappa shape index (κ2) is 12.5. The molecule has 0 atom stereocenters. The minimum Gasteiger partial charge on any atom is -0.462 e.